The molecule has 0 spiro atoms. The molecule has 0 rings (SSSR count). The highest BCUT2D eigenvalue weighted by Crippen LogP contribution is 1.97. The van der Waals surface area contributed by atoms with E-state index in [0.717, 1.165) is 0 Å². The first-order chi connectivity index (χ1) is 6.02. The molecule has 0 aromatic carbocycles. The first kappa shape index (κ1) is 11.7. The minimum absolute atomic E-state index is 0.0855. The Hall–Kier alpha value is -1.32. The van der Waals surface area contributed by atoms with Crippen LogP contribution in [0.4, 0.5) is 0 Å². The molecule has 0 fully saturated rings. The lowest BCUT2D eigenvalue weighted by Crippen LogP contribution is -2.04. The number of carbonyl (C=O) groups excluding carboxylic acids is 1. The van der Waals surface area contributed by atoms with Gasteiger partial charge in [-0.15, -0.1) is 0 Å². The van der Waals surface area contributed by atoms with Gasteiger partial charge >= 0.3 is 11.9 Å². The van der Waals surface area contributed by atoms with E-state index >= 15 is 0 Å². The predicted octanol–water partition coefficient (Wildman–Crippen LogP) is 1.56. The normalized spacial score (nSPS) is 10.7. The maximum absolute atomic E-state index is 10.8. The van der Waals surface area contributed by atoms with E-state index in [2.05, 4.69) is 4.74 Å². The third kappa shape index (κ3) is 8.59. The van der Waals surface area contributed by atoms with Crippen LogP contribution >= 0.6 is 0 Å². The molecule has 0 aromatic rings. The van der Waals surface area contributed by atoms with Crippen LogP contribution in [0.25, 0.3) is 0 Å². The molecule has 0 saturated heterocycles. The van der Waals surface area contributed by atoms with E-state index in [9.17, 15) is 9.59 Å². The second-order valence-corrected chi connectivity index (χ2v) is 2.96. The lowest BCUT2D eigenvalue weighted by Gasteiger charge is -1.97. The van der Waals surface area contributed by atoms with Crippen molar-refractivity contribution in [3.63, 3.8) is 0 Å². The van der Waals surface area contributed by atoms with Crippen LogP contribution in [0.15, 0.2) is 12.3 Å². The fourth-order valence-corrected chi connectivity index (χ4v) is 0.540. The van der Waals surface area contributed by atoms with Crippen molar-refractivity contribution in [2.45, 2.75) is 26.7 Å². The Balaban J connectivity index is 3.57. The minimum atomic E-state index is -0.996. The number of ether oxygens (including phenoxy) is 1. The van der Waals surface area contributed by atoms with Gasteiger partial charge in [0.1, 0.15) is 0 Å². The average Bonchev–Trinajstić information content (AvgIpc) is 2.00. The monoisotopic (exact) mass is 186 g/mol. The standard InChI is InChI=1S/C9H14O4/c1-7(2)5-6-13-9(12)4-3-8(10)11/h5-7H,3-4H2,1-2H3,(H,10,11). The molecule has 0 atom stereocenters. The van der Waals surface area contributed by atoms with Crippen LogP contribution in [-0.4, -0.2) is 17.0 Å². The first-order valence-electron chi connectivity index (χ1n) is 4.10. The summed E-state index contributed by atoms with van der Waals surface area (Å²) >= 11 is 0. The van der Waals surface area contributed by atoms with Crippen LogP contribution < -0.4 is 0 Å². The number of hydrogen-bond donors (Lipinski definition) is 1. The molecule has 13 heavy (non-hydrogen) atoms. The second-order valence-electron chi connectivity index (χ2n) is 2.96. The third-order valence-electron chi connectivity index (χ3n) is 1.21. The highest BCUT2D eigenvalue weighted by atomic mass is 16.5. The van der Waals surface area contributed by atoms with Gasteiger partial charge < -0.3 is 9.84 Å². The molecule has 0 bridgehead atoms. The molecule has 0 aromatic heterocycles. The topological polar surface area (TPSA) is 63.6 Å². The zero-order chi connectivity index (χ0) is 10.3. The van der Waals surface area contributed by atoms with E-state index in [1.807, 2.05) is 13.8 Å². The summed E-state index contributed by atoms with van der Waals surface area (Å²) in [6, 6.07) is 0. The maximum atomic E-state index is 10.8. The third-order valence-corrected chi connectivity index (χ3v) is 1.21. The van der Waals surface area contributed by atoms with Gasteiger partial charge in [-0.25, -0.2) is 0 Å². The molecule has 0 heterocycles. The zero-order valence-electron chi connectivity index (χ0n) is 7.82. The summed E-state index contributed by atoms with van der Waals surface area (Å²) in [6.07, 6.45) is 2.75. The summed E-state index contributed by atoms with van der Waals surface area (Å²) in [4.78, 5) is 20.9. The van der Waals surface area contributed by atoms with Crippen molar-refractivity contribution in [1.82, 2.24) is 0 Å². The smallest absolute Gasteiger partial charge is 0.311 e. The Morgan fingerprint density at radius 3 is 2.46 bits per heavy atom. The van der Waals surface area contributed by atoms with Gasteiger partial charge in [-0.05, 0) is 12.0 Å². The molecule has 0 saturated carbocycles. The van der Waals surface area contributed by atoms with E-state index in [-0.39, 0.29) is 12.8 Å². The molecule has 0 radical (unpaired) electrons. The zero-order valence-corrected chi connectivity index (χ0v) is 7.82. The van der Waals surface area contributed by atoms with E-state index in [1.54, 1.807) is 6.08 Å². The number of carboxylic acid groups (broad SMARTS) is 1. The largest absolute Gasteiger partial charge is 0.481 e. The molecule has 0 amide bonds. The summed E-state index contributed by atoms with van der Waals surface area (Å²) in [6.45, 7) is 3.89. The summed E-state index contributed by atoms with van der Waals surface area (Å²) in [5.41, 5.74) is 0. The van der Waals surface area contributed by atoms with Gasteiger partial charge in [0.15, 0.2) is 0 Å². The molecule has 0 unspecified atom stereocenters. The molecular formula is C9H14O4. The van der Waals surface area contributed by atoms with Crippen LogP contribution in [0.5, 0.6) is 0 Å². The number of aliphatic carboxylic acids is 1. The maximum Gasteiger partial charge on any atom is 0.311 e. The van der Waals surface area contributed by atoms with Crippen LogP contribution in [-0.2, 0) is 14.3 Å². The molecule has 74 valence electrons. The SMILES string of the molecule is CC(C)C=COC(=O)CCC(=O)O. The van der Waals surface area contributed by atoms with Crippen molar-refractivity contribution in [3.05, 3.63) is 12.3 Å². The summed E-state index contributed by atoms with van der Waals surface area (Å²) in [5, 5.41) is 8.25. The molecular weight excluding hydrogens is 172 g/mol. The molecule has 4 nitrogen and oxygen atoms in total. The van der Waals surface area contributed by atoms with Gasteiger partial charge in [0.25, 0.3) is 0 Å². The second kappa shape index (κ2) is 6.22. The summed E-state index contributed by atoms with van der Waals surface area (Å²) in [5.74, 6) is -1.20. The predicted molar refractivity (Wildman–Crippen MR) is 46.9 cm³/mol. The first-order valence-corrected chi connectivity index (χ1v) is 4.10. The highest BCUT2D eigenvalue weighted by molar-refractivity contribution is 5.76. The van der Waals surface area contributed by atoms with Crippen LogP contribution in [0, 0.1) is 5.92 Å². The lowest BCUT2D eigenvalue weighted by molar-refractivity contribution is -0.144. The van der Waals surface area contributed by atoms with E-state index < -0.39 is 11.9 Å². The van der Waals surface area contributed by atoms with Crippen molar-refractivity contribution in [2.75, 3.05) is 0 Å². The van der Waals surface area contributed by atoms with E-state index in [0.29, 0.717) is 5.92 Å². The van der Waals surface area contributed by atoms with Crippen molar-refractivity contribution >= 4 is 11.9 Å². The van der Waals surface area contributed by atoms with E-state index in [1.165, 1.54) is 6.26 Å². The molecule has 4 heteroatoms. The molecule has 1 N–H and O–H groups in total. The fourth-order valence-electron chi connectivity index (χ4n) is 0.540. The Labute approximate surface area is 77.2 Å². The Bertz CT molecular complexity index is 206. The number of esters is 1. The lowest BCUT2D eigenvalue weighted by atomic mass is 10.2. The summed E-state index contributed by atoms with van der Waals surface area (Å²) in [7, 11) is 0. The molecule has 0 aliphatic heterocycles. The van der Waals surface area contributed by atoms with Crippen LogP contribution in [0.3, 0.4) is 0 Å². The number of allylic oxidation sites excluding steroid dienone is 1. The average molecular weight is 186 g/mol. The highest BCUT2D eigenvalue weighted by Gasteiger charge is 2.04. The van der Waals surface area contributed by atoms with Gasteiger partial charge in [0, 0.05) is 0 Å². The summed E-state index contributed by atoms with van der Waals surface area (Å²) < 4.78 is 4.62. The van der Waals surface area contributed by atoms with Crippen LogP contribution in [0.1, 0.15) is 26.7 Å². The number of rotatable bonds is 5. The van der Waals surface area contributed by atoms with Crippen molar-refractivity contribution in [2.24, 2.45) is 5.92 Å². The fraction of sp³-hybridized carbons (Fsp3) is 0.556. The Kier molecular flexibility index (Phi) is 5.59. The Morgan fingerprint density at radius 1 is 1.38 bits per heavy atom. The van der Waals surface area contributed by atoms with Crippen molar-refractivity contribution < 1.29 is 19.4 Å². The van der Waals surface area contributed by atoms with Gasteiger partial charge in [0.2, 0.25) is 0 Å². The van der Waals surface area contributed by atoms with Gasteiger partial charge in [0.05, 0.1) is 19.1 Å². The van der Waals surface area contributed by atoms with Crippen molar-refractivity contribution in [1.29, 1.82) is 0 Å². The van der Waals surface area contributed by atoms with Gasteiger partial charge in [-0.1, -0.05) is 13.8 Å². The molecule has 0 aliphatic carbocycles. The number of carboxylic acids is 1. The number of hydrogen-bond acceptors (Lipinski definition) is 3. The molecule has 0 aliphatic rings. The Morgan fingerprint density at radius 2 is 2.00 bits per heavy atom. The van der Waals surface area contributed by atoms with E-state index in [4.69, 9.17) is 5.11 Å². The minimum Gasteiger partial charge on any atom is -0.481 e. The van der Waals surface area contributed by atoms with Gasteiger partial charge in [-0.3, -0.25) is 9.59 Å². The quantitative estimate of drug-likeness (QED) is 0.522. The number of carbonyl (C=O) groups is 2. The van der Waals surface area contributed by atoms with Gasteiger partial charge in [-0.2, -0.15) is 0 Å². The van der Waals surface area contributed by atoms with Crippen molar-refractivity contribution in [3.8, 4) is 0 Å². The van der Waals surface area contributed by atoms with Crippen LogP contribution in [0.2, 0.25) is 0 Å².